The van der Waals surface area contributed by atoms with Gasteiger partial charge in [-0.25, -0.2) is 0 Å². The molecular formula is C24H28N2OS. The van der Waals surface area contributed by atoms with E-state index in [2.05, 4.69) is 77.1 Å². The molecule has 1 aliphatic rings. The Hall–Kier alpha value is -2.14. The van der Waals surface area contributed by atoms with Gasteiger partial charge in [-0.15, -0.1) is 11.3 Å². The minimum absolute atomic E-state index is 0.241. The van der Waals surface area contributed by atoms with Crippen molar-refractivity contribution in [3.63, 3.8) is 0 Å². The van der Waals surface area contributed by atoms with E-state index in [4.69, 9.17) is 4.74 Å². The van der Waals surface area contributed by atoms with Crippen molar-refractivity contribution in [3.05, 3.63) is 87.6 Å². The minimum Gasteiger partial charge on any atom is -0.489 e. The maximum atomic E-state index is 6.32. The van der Waals surface area contributed by atoms with E-state index in [1.165, 1.54) is 28.0 Å². The summed E-state index contributed by atoms with van der Waals surface area (Å²) in [6, 6.07) is 21.5. The zero-order valence-electron chi connectivity index (χ0n) is 16.4. The lowest BCUT2D eigenvalue weighted by atomic mass is 10.0. The molecule has 1 aromatic heterocycles. The van der Waals surface area contributed by atoms with Gasteiger partial charge in [0.2, 0.25) is 0 Å². The van der Waals surface area contributed by atoms with E-state index in [9.17, 15) is 0 Å². The van der Waals surface area contributed by atoms with E-state index in [1.807, 2.05) is 17.4 Å². The smallest absolute Gasteiger partial charge is 0.124 e. The second-order valence-electron chi connectivity index (χ2n) is 7.38. The topological polar surface area (TPSA) is 24.5 Å². The number of benzene rings is 2. The predicted octanol–water partition coefficient (Wildman–Crippen LogP) is 5.02. The van der Waals surface area contributed by atoms with Crippen molar-refractivity contribution < 1.29 is 4.74 Å². The molecule has 1 aliphatic heterocycles. The largest absolute Gasteiger partial charge is 0.489 e. The Morgan fingerprint density at radius 1 is 1.04 bits per heavy atom. The molecule has 1 saturated heterocycles. The molecule has 2 heterocycles. The fraction of sp³-hybridized carbons (Fsp3) is 0.333. The van der Waals surface area contributed by atoms with Crippen molar-refractivity contribution in [1.82, 2.24) is 10.2 Å². The highest BCUT2D eigenvalue weighted by molar-refractivity contribution is 7.10. The Kier molecular flexibility index (Phi) is 6.42. The Balaban J connectivity index is 1.65. The lowest BCUT2D eigenvalue weighted by Gasteiger charge is -2.31. The zero-order valence-corrected chi connectivity index (χ0v) is 17.3. The van der Waals surface area contributed by atoms with Crippen molar-refractivity contribution in [2.75, 3.05) is 26.2 Å². The fourth-order valence-corrected chi connectivity index (χ4v) is 4.87. The fourth-order valence-electron chi connectivity index (χ4n) is 3.82. The third-order valence-corrected chi connectivity index (χ3v) is 6.31. The van der Waals surface area contributed by atoms with Crippen LogP contribution in [0, 0.1) is 6.92 Å². The van der Waals surface area contributed by atoms with Crippen LogP contribution in [0.1, 0.15) is 34.0 Å². The Bertz CT molecular complexity index is 869. The summed E-state index contributed by atoms with van der Waals surface area (Å²) in [6.07, 6.45) is 1.17. The normalized spacial score (nSPS) is 16.5. The van der Waals surface area contributed by atoms with Gasteiger partial charge in [-0.05, 0) is 48.5 Å². The molecule has 0 aliphatic carbocycles. The molecule has 146 valence electrons. The number of nitrogens with one attached hydrogen (secondary N) is 1. The maximum absolute atomic E-state index is 6.32. The summed E-state index contributed by atoms with van der Waals surface area (Å²) in [7, 11) is 0. The van der Waals surface area contributed by atoms with Crippen LogP contribution in [0.5, 0.6) is 5.75 Å². The molecular weight excluding hydrogens is 364 g/mol. The third-order valence-electron chi connectivity index (χ3n) is 5.21. The summed E-state index contributed by atoms with van der Waals surface area (Å²) in [4.78, 5) is 4.01. The van der Waals surface area contributed by atoms with Gasteiger partial charge in [0.05, 0.1) is 6.04 Å². The van der Waals surface area contributed by atoms with E-state index >= 15 is 0 Å². The first-order chi connectivity index (χ1) is 13.8. The van der Waals surface area contributed by atoms with Crippen LogP contribution in [0.15, 0.2) is 66.0 Å². The molecule has 28 heavy (non-hydrogen) atoms. The highest BCUT2D eigenvalue weighted by Crippen LogP contribution is 2.38. The van der Waals surface area contributed by atoms with Crippen LogP contribution in [0.25, 0.3) is 0 Å². The molecule has 3 aromatic rings. The van der Waals surface area contributed by atoms with Crippen LogP contribution >= 0.6 is 11.3 Å². The van der Waals surface area contributed by atoms with Crippen molar-refractivity contribution in [2.45, 2.75) is 26.0 Å². The number of aryl methyl sites for hydroxylation is 1. The van der Waals surface area contributed by atoms with Crippen LogP contribution in [0.3, 0.4) is 0 Å². The second kappa shape index (κ2) is 9.37. The monoisotopic (exact) mass is 392 g/mol. The number of para-hydroxylation sites is 1. The van der Waals surface area contributed by atoms with Crippen molar-refractivity contribution in [1.29, 1.82) is 0 Å². The quantitative estimate of drug-likeness (QED) is 0.637. The number of nitrogens with zero attached hydrogens (tertiary/aromatic N) is 1. The minimum atomic E-state index is 0.241. The Morgan fingerprint density at radius 2 is 1.86 bits per heavy atom. The summed E-state index contributed by atoms with van der Waals surface area (Å²) in [5.41, 5.74) is 3.79. The van der Waals surface area contributed by atoms with Gasteiger partial charge in [0, 0.05) is 30.1 Å². The van der Waals surface area contributed by atoms with Gasteiger partial charge in [-0.2, -0.15) is 0 Å². The van der Waals surface area contributed by atoms with Gasteiger partial charge in [0.15, 0.2) is 0 Å². The first-order valence-corrected chi connectivity index (χ1v) is 10.9. The predicted molar refractivity (Wildman–Crippen MR) is 117 cm³/mol. The van der Waals surface area contributed by atoms with Crippen molar-refractivity contribution in [3.8, 4) is 5.75 Å². The van der Waals surface area contributed by atoms with Crippen LogP contribution in [-0.4, -0.2) is 31.1 Å². The Morgan fingerprint density at radius 3 is 2.68 bits per heavy atom. The number of hydrogen-bond acceptors (Lipinski definition) is 4. The number of ether oxygens (including phenoxy) is 1. The Labute approximate surface area is 172 Å². The van der Waals surface area contributed by atoms with E-state index in [0.717, 1.165) is 31.9 Å². The van der Waals surface area contributed by atoms with E-state index < -0.39 is 0 Å². The summed E-state index contributed by atoms with van der Waals surface area (Å²) in [5, 5.41) is 5.79. The molecule has 1 N–H and O–H groups in total. The lowest BCUT2D eigenvalue weighted by molar-refractivity contribution is 0.232. The van der Waals surface area contributed by atoms with Crippen molar-refractivity contribution >= 4 is 11.3 Å². The molecule has 0 bridgehead atoms. The van der Waals surface area contributed by atoms with Crippen LogP contribution in [-0.2, 0) is 6.61 Å². The molecule has 0 amide bonds. The van der Waals surface area contributed by atoms with Gasteiger partial charge in [0.1, 0.15) is 12.4 Å². The summed E-state index contributed by atoms with van der Waals surface area (Å²) < 4.78 is 6.32. The highest BCUT2D eigenvalue weighted by atomic mass is 32.1. The van der Waals surface area contributed by atoms with Gasteiger partial charge >= 0.3 is 0 Å². The SMILES string of the molecule is Cc1csc(C(c2ccccc2OCc2ccccc2)N2CCCNCC2)c1. The molecule has 4 heteroatoms. The molecule has 0 radical (unpaired) electrons. The molecule has 0 spiro atoms. The van der Waals surface area contributed by atoms with Gasteiger partial charge in [-0.3, -0.25) is 4.90 Å². The van der Waals surface area contributed by atoms with Gasteiger partial charge in [0.25, 0.3) is 0 Å². The molecule has 2 aromatic carbocycles. The summed E-state index contributed by atoms with van der Waals surface area (Å²) >= 11 is 1.86. The van der Waals surface area contributed by atoms with E-state index in [-0.39, 0.29) is 6.04 Å². The van der Waals surface area contributed by atoms with Crippen LogP contribution in [0.2, 0.25) is 0 Å². The van der Waals surface area contributed by atoms with Crippen LogP contribution < -0.4 is 10.1 Å². The zero-order chi connectivity index (χ0) is 19.2. The standard InChI is InChI=1S/C24H28N2OS/c1-19-16-23(28-18-19)24(26-14-7-12-25-13-15-26)21-10-5-6-11-22(21)27-17-20-8-3-2-4-9-20/h2-6,8-11,16,18,24-25H,7,12-15,17H2,1H3. The summed E-state index contributed by atoms with van der Waals surface area (Å²) in [5.74, 6) is 0.986. The first-order valence-electron chi connectivity index (χ1n) is 10.1. The van der Waals surface area contributed by atoms with E-state index in [1.54, 1.807) is 0 Å². The lowest BCUT2D eigenvalue weighted by Crippen LogP contribution is -2.32. The average Bonchev–Trinajstić information content (AvgIpc) is 2.98. The third kappa shape index (κ3) is 4.64. The second-order valence-corrected chi connectivity index (χ2v) is 8.32. The number of hydrogen-bond donors (Lipinski definition) is 1. The molecule has 3 nitrogen and oxygen atoms in total. The highest BCUT2D eigenvalue weighted by Gasteiger charge is 2.27. The number of rotatable bonds is 6. The molecule has 1 fully saturated rings. The van der Waals surface area contributed by atoms with Gasteiger partial charge < -0.3 is 10.1 Å². The molecule has 4 rings (SSSR count). The van der Waals surface area contributed by atoms with Crippen LogP contribution in [0.4, 0.5) is 0 Å². The van der Waals surface area contributed by atoms with Gasteiger partial charge in [-0.1, -0.05) is 48.5 Å². The maximum Gasteiger partial charge on any atom is 0.124 e. The summed E-state index contributed by atoms with van der Waals surface area (Å²) in [6.45, 7) is 7.05. The molecule has 1 atom stereocenters. The first kappa shape index (κ1) is 19.2. The average molecular weight is 393 g/mol. The molecule has 1 unspecified atom stereocenters. The molecule has 0 saturated carbocycles. The number of thiophene rings is 1. The van der Waals surface area contributed by atoms with Crippen molar-refractivity contribution in [2.24, 2.45) is 0 Å². The van der Waals surface area contributed by atoms with E-state index in [0.29, 0.717) is 6.61 Å².